The van der Waals surface area contributed by atoms with Gasteiger partial charge in [-0.1, -0.05) is 5.16 Å². The SMILES string of the molecule is Cc1cc(N=Cc2c(O)c([N+](=O)[O-])cc3oc4c(c23)CCCC4)no1. The summed E-state index contributed by atoms with van der Waals surface area (Å²) in [7, 11) is 0. The number of rotatable bonds is 3. The van der Waals surface area contributed by atoms with Crippen LogP contribution in [-0.4, -0.2) is 21.4 Å². The minimum absolute atomic E-state index is 0.275. The fraction of sp³-hybridized carbons (Fsp3) is 0.294. The maximum absolute atomic E-state index is 11.3. The number of hydrogen-bond donors (Lipinski definition) is 1. The van der Waals surface area contributed by atoms with Gasteiger partial charge in [0.25, 0.3) is 0 Å². The zero-order valence-corrected chi connectivity index (χ0v) is 13.5. The Morgan fingerprint density at radius 3 is 2.88 bits per heavy atom. The normalized spacial score (nSPS) is 14.3. The van der Waals surface area contributed by atoms with Crippen LogP contribution in [0.15, 0.2) is 26.1 Å². The van der Waals surface area contributed by atoms with Gasteiger partial charge < -0.3 is 14.0 Å². The van der Waals surface area contributed by atoms with Crippen LogP contribution in [0.25, 0.3) is 11.0 Å². The van der Waals surface area contributed by atoms with E-state index in [1.807, 2.05) is 0 Å². The number of aromatic nitrogens is 1. The Labute approximate surface area is 141 Å². The summed E-state index contributed by atoms with van der Waals surface area (Å²) in [6.07, 6.45) is 5.01. The van der Waals surface area contributed by atoms with Gasteiger partial charge in [0.15, 0.2) is 5.82 Å². The monoisotopic (exact) mass is 341 g/mol. The summed E-state index contributed by atoms with van der Waals surface area (Å²) in [6, 6.07) is 2.91. The van der Waals surface area contributed by atoms with Crippen molar-refractivity contribution in [3.05, 3.63) is 44.9 Å². The van der Waals surface area contributed by atoms with E-state index in [1.165, 1.54) is 12.3 Å². The Morgan fingerprint density at radius 2 is 2.16 bits per heavy atom. The van der Waals surface area contributed by atoms with Crippen LogP contribution in [-0.2, 0) is 12.8 Å². The van der Waals surface area contributed by atoms with Crippen molar-refractivity contribution >= 4 is 28.7 Å². The fourth-order valence-corrected chi connectivity index (χ4v) is 3.24. The maximum atomic E-state index is 11.3. The molecule has 3 aromatic rings. The number of benzene rings is 1. The third kappa shape index (κ3) is 2.55. The summed E-state index contributed by atoms with van der Waals surface area (Å²) in [6.45, 7) is 1.74. The lowest BCUT2D eigenvalue weighted by Crippen LogP contribution is -2.00. The molecule has 0 unspecified atom stereocenters. The largest absolute Gasteiger partial charge is 0.502 e. The molecule has 4 rings (SSSR count). The second-order valence-corrected chi connectivity index (χ2v) is 6.05. The number of phenols is 1. The van der Waals surface area contributed by atoms with Gasteiger partial charge in [0.05, 0.1) is 16.6 Å². The highest BCUT2D eigenvalue weighted by Gasteiger charge is 2.27. The van der Waals surface area contributed by atoms with E-state index < -0.39 is 16.4 Å². The molecule has 1 aliphatic carbocycles. The van der Waals surface area contributed by atoms with E-state index in [4.69, 9.17) is 8.94 Å². The van der Waals surface area contributed by atoms with Gasteiger partial charge >= 0.3 is 5.69 Å². The van der Waals surface area contributed by atoms with Gasteiger partial charge in [-0.2, -0.15) is 0 Å². The van der Waals surface area contributed by atoms with Gasteiger partial charge in [0, 0.05) is 29.7 Å². The molecule has 128 valence electrons. The molecule has 1 aliphatic rings. The fourth-order valence-electron chi connectivity index (χ4n) is 3.24. The third-order valence-electron chi connectivity index (χ3n) is 4.37. The molecular formula is C17H15N3O5. The smallest absolute Gasteiger partial charge is 0.315 e. The Bertz CT molecular complexity index is 1020. The third-order valence-corrected chi connectivity index (χ3v) is 4.37. The van der Waals surface area contributed by atoms with Gasteiger partial charge in [-0.25, -0.2) is 4.99 Å². The first-order chi connectivity index (χ1) is 12.0. The van der Waals surface area contributed by atoms with Gasteiger partial charge in [-0.15, -0.1) is 0 Å². The highest BCUT2D eigenvalue weighted by Crippen LogP contribution is 2.41. The lowest BCUT2D eigenvalue weighted by molar-refractivity contribution is -0.385. The number of furan rings is 1. The Morgan fingerprint density at radius 1 is 1.36 bits per heavy atom. The topological polar surface area (TPSA) is 115 Å². The average molecular weight is 341 g/mol. The first-order valence-corrected chi connectivity index (χ1v) is 7.96. The van der Waals surface area contributed by atoms with Crippen molar-refractivity contribution in [2.45, 2.75) is 32.6 Å². The second-order valence-electron chi connectivity index (χ2n) is 6.05. The minimum Gasteiger partial charge on any atom is -0.502 e. The number of nitro groups is 1. The summed E-state index contributed by atoms with van der Waals surface area (Å²) >= 11 is 0. The molecule has 2 aromatic heterocycles. The van der Waals surface area contributed by atoms with Crippen LogP contribution in [0.5, 0.6) is 5.75 Å². The molecule has 0 bridgehead atoms. The number of aliphatic imine (C=N–C) groups is 1. The highest BCUT2D eigenvalue weighted by atomic mass is 16.6. The molecule has 2 heterocycles. The van der Waals surface area contributed by atoms with Crippen molar-refractivity contribution in [1.82, 2.24) is 5.16 Å². The van der Waals surface area contributed by atoms with E-state index in [0.29, 0.717) is 22.5 Å². The van der Waals surface area contributed by atoms with E-state index in [-0.39, 0.29) is 5.56 Å². The zero-order chi connectivity index (χ0) is 17.6. The van der Waals surface area contributed by atoms with Gasteiger partial charge in [-0.05, 0) is 26.2 Å². The molecule has 25 heavy (non-hydrogen) atoms. The standard InChI is InChI=1S/C17H15N3O5/c1-9-6-15(19-25-9)18-8-11-16-10-4-2-3-5-13(10)24-14(16)7-12(17(11)21)20(22)23/h6-8,21H,2-5H2,1H3. The highest BCUT2D eigenvalue weighted by molar-refractivity contribution is 6.05. The average Bonchev–Trinajstić information content (AvgIpc) is 3.16. The van der Waals surface area contributed by atoms with Crippen LogP contribution >= 0.6 is 0 Å². The number of nitrogens with zero attached hydrogens (tertiary/aromatic N) is 3. The first-order valence-electron chi connectivity index (χ1n) is 7.96. The summed E-state index contributed by atoms with van der Waals surface area (Å²) in [4.78, 5) is 14.8. The number of fused-ring (bicyclic) bond motifs is 3. The summed E-state index contributed by atoms with van der Waals surface area (Å²) in [5.74, 6) is 1.33. The molecule has 1 N–H and O–H groups in total. The van der Waals surface area contributed by atoms with Gasteiger partial charge in [-0.3, -0.25) is 10.1 Å². The van der Waals surface area contributed by atoms with Crippen molar-refractivity contribution in [3.63, 3.8) is 0 Å². The van der Waals surface area contributed by atoms with Crippen molar-refractivity contribution in [2.75, 3.05) is 0 Å². The molecule has 0 atom stereocenters. The van der Waals surface area contributed by atoms with Crippen LogP contribution in [0.4, 0.5) is 11.5 Å². The lowest BCUT2D eigenvalue weighted by Gasteiger charge is -2.09. The second kappa shape index (κ2) is 5.73. The van der Waals surface area contributed by atoms with Crippen LogP contribution in [0.3, 0.4) is 0 Å². The summed E-state index contributed by atoms with van der Waals surface area (Å²) < 4.78 is 10.8. The number of nitro benzene ring substituents is 1. The molecule has 0 saturated heterocycles. The van der Waals surface area contributed by atoms with Gasteiger partial charge in [0.2, 0.25) is 5.75 Å². The quantitative estimate of drug-likeness (QED) is 0.438. The number of phenolic OH excluding ortho intramolecular Hbond substituents is 1. The van der Waals surface area contributed by atoms with Crippen LogP contribution in [0, 0.1) is 17.0 Å². The van der Waals surface area contributed by atoms with Crippen LogP contribution < -0.4 is 0 Å². The molecule has 0 amide bonds. The summed E-state index contributed by atoms with van der Waals surface area (Å²) in [5, 5.41) is 26.2. The Hall–Kier alpha value is -3.16. The molecule has 8 heteroatoms. The number of aromatic hydroxyl groups is 1. The Balaban J connectivity index is 1.95. The van der Waals surface area contributed by atoms with E-state index in [1.54, 1.807) is 13.0 Å². The van der Waals surface area contributed by atoms with Gasteiger partial charge in [0.1, 0.15) is 17.1 Å². The van der Waals surface area contributed by atoms with E-state index in [2.05, 4.69) is 10.1 Å². The minimum atomic E-state index is -0.631. The predicted octanol–water partition coefficient (Wildman–Crippen LogP) is 3.97. The molecule has 0 spiro atoms. The predicted molar refractivity (Wildman–Crippen MR) is 89.7 cm³/mol. The van der Waals surface area contributed by atoms with Crippen molar-refractivity contribution < 1.29 is 19.0 Å². The summed E-state index contributed by atoms with van der Waals surface area (Å²) in [5.41, 5.74) is 1.26. The number of aryl methyl sites for hydroxylation is 3. The molecule has 0 saturated carbocycles. The molecule has 0 radical (unpaired) electrons. The Kier molecular flexibility index (Phi) is 3.52. The number of hydrogen-bond acceptors (Lipinski definition) is 7. The molecule has 1 aromatic carbocycles. The first kappa shape index (κ1) is 15.4. The molecule has 0 aliphatic heterocycles. The van der Waals surface area contributed by atoms with E-state index >= 15 is 0 Å². The van der Waals surface area contributed by atoms with Crippen LogP contribution in [0.1, 0.15) is 35.5 Å². The van der Waals surface area contributed by atoms with Crippen molar-refractivity contribution in [2.24, 2.45) is 4.99 Å². The molecule has 0 fully saturated rings. The van der Waals surface area contributed by atoms with Crippen molar-refractivity contribution in [3.8, 4) is 5.75 Å². The lowest BCUT2D eigenvalue weighted by atomic mass is 9.93. The maximum Gasteiger partial charge on any atom is 0.315 e. The van der Waals surface area contributed by atoms with Crippen LogP contribution in [0.2, 0.25) is 0 Å². The van der Waals surface area contributed by atoms with E-state index in [0.717, 1.165) is 37.0 Å². The molecule has 8 nitrogen and oxygen atoms in total. The van der Waals surface area contributed by atoms with E-state index in [9.17, 15) is 15.2 Å². The van der Waals surface area contributed by atoms with Crippen molar-refractivity contribution in [1.29, 1.82) is 0 Å². The zero-order valence-electron chi connectivity index (χ0n) is 13.5. The molecular weight excluding hydrogens is 326 g/mol.